The van der Waals surface area contributed by atoms with Gasteiger partial charge in [-0.15, -0.1) is 0 Å². The zero-order chi connectivity index (χ0) is 13.3. The standard InChI is InChI=1S/C16H21N3/c1-12-10-14(12)19-13-5-7-16(11-17,8-6-13)15-4-2-3-9-18-15/h2-4,9,12-14,19H,5-8,10H2,1H3. The maximum Gasteiger partial charge on any atom is 0.0994 e. The van der Waals surface area contributed by atoms with Gasteiger partial charge in [0.05, 0.1) is 17.2 Å². The minimum absolute atomic E-state index is 0.353. The normalized spacial score (nSPS) is 37.6. The number of hydrogen-bond donors (Lipinski definition) is 1. The fourth-order valence-electron chi connectivity index (χ4n) is 3.21. The first kappa shape index (κ1) is 12.6. The lowest BCUT2D eigenvalue weighted by atomic mass is 9.71. The lowest BCUT2D eigenvalue weighted by Crippen LogP contribution is -2.40. The SMILES string of the molecule is CC1CC1NC1CCC(C#N)(c2ccccn2)CC1. The monoisotopic (exact) mass is 255 g/mol. The van der Waals surface area contributed by atoms with Crippen molar-refractivity contribution >= 4 is 0 Å². The molecule has 1 aromatic rings. The van der Waals surface area contributed by atoms with Gasteiger partial charge in [0.1, 0.15) is 0 Å². The van der Waals surface area contributed by atoms with Crippen molar-refractivity contribution in [2.45, 2.75) is 56.5 Å². The largest absolute Gasteiger partial charge is 0.311 e. The molecule has 3 heteroatoms. The number of pyridine rings is 1. The van der Waals surface area contributed by atoms with Crippen molar-refractivity contribution in [3.8, 4) is 6.07 Å². The van der Waals surface area contributed by atoms with Crippen molar-refractivity contribution < 1.29 is 0 Å². The molecular weight excluding hydrogens is 234 g/mol. The number of hydrogen-bond acceptors (Lipinski definition) is 3. The van der Waals surface area contributed by atoms with Gasteiger partial charge < -0.3 is 5.32 Å². The smallest absolute Gasteiger partial charge is 0.0994 e. The first-order chi connectivity index (χ1) is 9.23. The highest BCUT2D eigenvalue weighted by molar-refractivity contribution is 5.27. The van der Waals surface area contributed by atoms with Gasteiger partial charge >= 0.3 is 0 Å². The van der Waals surface area contributed by atoms with Crippen LogP contribution in [0.3, 0.4) is 0 Å². The summed E-state index contributed by atoms with van der Waals surface area (Å²) < 4.78 is 0. The molecule has 2 aliphatic rings. The Hall–Kier alpha value is -1.40. The van der Waals surface area contributed by atoms with E-state index in [4.69, 9.17) is 0 Å². The van der Waals surface area contributed by atoms with Gasteiger partial charge in [0.25, 0.3) is 0 Å². The summed E-state index contributed by atoms with van der Waals surface area (Å²) in [6.45, 7) is 2.30. The van der Waals surface area contributed by atoms with E-state index in [1.807, 2.05) is 18.2 Å². The molecule has 3 nitrogen and oxygen atoms in total. The van der Waals surface area contributed by atoms with Crippen LogP contribution >= 0.6 is 0 Å². The Morgan fingerprint density at radius 2 is 2.11 bits per heavy atom. The van der Waals surface area contributed by atoms with Crippen molar-refractivity contribution in [3.63, 3.8) is 0 Å². The predicted molar refractivity (Wildman–Crippen MR) is 74.5 cm³/mol. The van der Waals surface area contributed by atoms with Gasteiger partial charge in [-0.25, -0.2) is 0 Å². The van der Waals surface area contributed by atoms with Crippen molar-refractivity contribution in [1.82, 2.24) is 10.3 Å². The van der Waals surface area contributed by atoms with Crippen LogP contribution in [0, 0.1) is 17.2 Å². The van der Waals surface area contributed by atoms with Gasteiger partial charge in [-0.3, -0.25) is 4.98 Å². The molecule has 100 valence electrons. The fourth-order valence-corrected chi connectivity index (χ4v) is 3.21. The van der Waals surface area contributed by atoms with Crippen LogP contribution in [0.1, 0.15) is 44.7 Å². The molecule has 19 heavy (non-hydrogen) atoms. The summed E-state index contributed by atoms with van der Waals surface area (Å²) in [6, 6.07) is 9.77. The van der Waals surface area contributed by atoms with Gasteiger partial charge in [-0.1, -0.05) is 13.0 Å². The van der Waals surface area contributed by atoms with E-state index in [9.17, 15) is 5.26 Å². The summed E-state index contributed by atoms with van der Waals surface area (Å²) in [5.41, 5.74) is 0.602. The number of nitrogens with one attached hydrogen (secondary N) is 1. The molecule has 0 aliphatic heterocycles. The third-order valence-electron chi connectivity index (χ3n) is 4.77. The van der Waals surface area contributed by atoms with Crippen LogP contribution in [0.5, 0.6) is 0 Å². The van der Waals surface area contributed by atoms with E-state index >= 15 is 0 Å². The average Bonchev–Trinajstić information content (AvgIpc) is 3.16. The van der Waals surface area contributed by atoms with Gasteiger partial charge in [-0.05, 0) is 50.2 Å². The number of nitrogens with zero attached hydrogens (tertiary/aromatic N) is 2. The molecule has 2 unspecified atom stereocenters. The minimum Gasteiger partial charge on any atom is -0.311 e. The average molecular weight is 255 g/mol. The Labute approximate surface area is 115 Å². The topological polar surface area (TPSA) is 48.7 Å². The van der Waals surface area contributed by atoms with Crippen LogP contribution in [0.2, 0.25) is 0 Å². The molecule has 2 aliphatic carbocycles. The molecule has 1 aromatic heterocycles. The number of nitriles is 1. The minimum atomic E-state index is -0.353. The lowest BCUT2D eigenvalue weighted by Gasteiger charge is -2.35. The van der Waals surface area contributed by atoms with Crippen LogP contribution < -0.4 is 5.32 Å². The Bertz CT molecular complexity index is 469. The molecule has 1 N–H and O–H groups in total. The molecule has 0 saturated heterocycles. The van der Waals surface area contributed by atoms with Gasteiger partial charge in [0.15, 0.2) is 0 Å². The number of aromatic nitrogens is 1. The van der Waals surface area contributed by atoms with Crippen LogP contribution in [0.15, 0.2) is 24.4 Å². The molecule has 2 atom stereocenters. The highest BCUT2D eigenvalue weighted by Gasteiger charge is 2.40. The maximum atomic E-state index is 9.61. The van der Waals surface area contributed by atoms with Crippen LogP contribution in [-0.2, 0) is 5.41 Å². The lowest BCUT2D eigenvalue weighted by molar-refractivity contribution is 0.288. The Morgan fingerprint density at radius 1 is 1.37 bits per heavy atom. The van der Waals surface area contributed by atoms with Crippen LogP contribution in [0.4, 0.5) is 0 Å². The Balaban J connectivity index is 1.65. The quantitative estimate of drug-likeness (QED) is 0.903. The summed E-state index contributed by atoms with van der Waals surface area (Å²) in [5, 5.41) is 13.3. The zero-order valence-corrected chi connectivity index (χ0v) is 11.5. The van der Waals surface area contributed by atoms with Crippen molar-refractivity contribution in [2.24, 2.45) is 5.92 Å². The second kappa shape index (κ2) is 4.94. The highest BCUT2D eigenvalue weighted by Crippen LogP contribution is 2.39. The summed E-state index contributed by atoms with van der Waals surface area (Å²) in [6.07, 6.45) is 7.16. The third-order valence-corrected chi connectivity index (χ3v) is 4.77. The first-order valence-corrected chi connectivity index (χ1v) is 7.32. The molecule has 1 heterocycles. The van der Waals surface area contributed by atoms with Gasteiger partial charge in [0, 0.05) is 18.3 Å². The molecule has 0 amide bonds. The van der Waals surface area contributed by atoms with Crippen LogP contribution in [0.25, 0.3) is 0 Å². The fraction of sp³-hybridized carbons (Fsp3) is 0.625. The Morgan fingerprint density at radius 3 is 2.63 bits per heavy atom. The molecule has 0 bridgehead atoms. The summed E-state index contributed by atoms with van der Waals surface area (Å²) >= 11 is 0. The third kappa shape index (κ3) is 2.50. The second-order valence-corrected chi connectivity index (χ2v) is 6.17. The molecule has 2 saturated carbocycles. The van der Waals surface area contributed by atoms with E-state index in [2.05, 4.69) is 23.3 Å². The summed E-state index contributed by atoms with van der Waals surface area (Å²) in [7, 11) is 0. The molecular formula is C16H21N3. The van der Waals surface area contributed by atoms with Crippen molar-refractivity contribution in [3.05, 3.63) is 30.1 Å². The van der Waals surface area contributed by atoms with Crippen molar-refractivity contribution in [1.29, 1.82) is 5.26 Å². The van der Waals surface area contributed by atoms with E-state index in [0.29, 0.717) is 6.04 Å². The molecule has 0 radical (unpaired) electrons. The van der Waals surface area contributed by atoms with Crippen LogP contribution in [-0.4, -0.2) is 17.1 Å². The Kier molecular flexibility index (Phi) is 3.28. The van der Waals surface area contributed by atoms with Gasteiger partial charge in [-0.2, -0.15) is 5.26 Å². The van der Waals surface area contributed by atoms with E-state index in [1.54, 1.807) is 6.20 Å². The predicted octanol–water partition coefficient (Wildman–Crippen LogP) is 2.78. The molecule has 3 rings (SSSR count). The van der Waals surface area contributed by atoms with E-state index < -0.39 is 0 Å². The molecule has 2 fully saturated rings. The second-order valence-electron chi connectivity index (χ2n) is 6.17. The summed E-state index contributed by atoms with van der Waals surface area (Å²) in [5.74, 6) is 0.846. The van der Waals surface area contributed by atoms with E-state index in [-0.39, 0.29) is 5.41 Å². The first-order valence-electron chi connectivity index (χ1n) is 7.32. The van der Waals surface area contributed by atoms with Gasteiger partial charge in [0.2, 0.25) is 0 Å². The summed E-state index contributed by atoms with van der Waals surface area (Å²) in [4.78, 5) is 4.41. The van der Waals surface area contributed by atoms with Crippen molar-refractivity contribution in [2.75, 3.05) is 0 Å². The number of rotatable bonds is 3. The maximum absolute atomic E-state index is 9.61. The van der Waals surface area contributed by atoms with E-state index in [0.717, 1.165) is 43.3 Å². The molecule has 0 spiro atoms. The highest BCUT2D eigenvalue weighted by atomic mass is 15.0. The zero-order valence-electron chi connectivity index (χ0n) is 11.5. The van der Waals surface area contributed by atoms with E-state index in [1.165, 1.54) is 6.42 Å². The molecule has 0 aromatic carbocycles.